The highest BCUT2D eigenvalue weighted by Gasteiger charge is 2.76. The van der Waals surface area contributed by atoms with Crippen molar-refractivity contribution >= 4 is 29.6 Å². The van der Waals surface area contributed by atoms with Crippen molar-refractivity contribution in [3.05, 3.63) is 190 Å². The van der Waals surface area contributed by atoms with Gasteiger partial charge in [0.15, 0.2) is 11.5 Å². The molecule has 76 heavy (non-hydrogen) atoms. The number of esters is 1. The molecule has 2 saturated heterocycles. The molecule has 2 fully saturated rings. The van der Waals surface area contributed by atoms with Gasteiger partial charge in [0.25, 0.3) is 0 Å². The van der Waals surface area contributed by atoms with Crippen LogP contribution in [0.5, 0.6) is 17.2 Å². The molecule has 3 amide bonds. The number of benzene rings is 6. The number of anilines is 1. The zero-order valence-corrected chi connectivity index (χ0v) is 42.9. The number of para-hydroxylation sites is 1. The van der Waals surface area contributed by atoms with Gasteiger partial charge in [-0.3, -0.25) is 24.2 Å². The molecule has 0 bridgehead atoms. The summed E-state index contributed by atoms with van der Waals surface area (Å²) in [6.45, 7) is 0.799. The summed E-state index contributed by atoms with van der Waals surface area (Å²) in [4.78, 5) is 70.8. The Morgan fingerprint density at radius 3 is 2.13 bits per heavy atom. The second-order valence-electron chi connectivity index (χ2n) is 19.3. The van der Waals surface area contributed by atoms with Crippen LogP contribution in [0.1, 0.15) is 62.7 Å². The third kappa shape index (κ3) is 9.43. The van der Waals surface area contributed by atoms with Crippen molar-refractivity contribution in [2.24, 2.45) is 5.92 Å². The summed E-state index contributed by atoms with van der Waals surface area (Å²) < 4.78 is 35.6. The number of methoxy groups -OCH3 is 3. The number of imide groups is 1. The smallest absolute Gasteiger partial charge is 0.421 e. The molecule has 10 rings (SSSR count). The van der Waals surface area contributed by atoms with E-state index in [-0.39, 0.29) is 45.2 Å². The lowest BCUT2D eigenvalue weighted by Gasteiger charge is -2.46. The van der Waals surface area contributed by atoms with Crippen LogP contribution in [0.2, 0.25) is 0 Å². The van der Waals surface area contributed by atoms with Gasteiger partial charge in [-0.15, -0.1) is 0 Å². The summed E-state index contributed by atoms with van der Waals surface area (Å²) in [5.41, 5.74) is 3.60. The molecule has 15 nitrogen and oxygen atoms in total. The molecule has 4 heterocycles. The van der Waals surface area contributed by atoms with Crippen molar-refractivity contribution in [3.63, 3.8) is 0 Å². The maximum atomic E-state index is 16.8. The monoisotopic (exact) mass is 1020 g/mol. The van der Waals surface area contributed by atoms with E-state index < -0.39 is 59.4 Å². The Balaban J connectivity index is 1.24. The molecule has 0 aliphatic carbocycles. The highest BCUT2D eigenvalue weighted by atomic mass is 16.6. The predicted molar refractivity (Wildman–Crippen MR) is 282 cm³/mol. The van der Waals surface area contributed by atoms with E-state index >= 15 is 14.4 Å². The third-order valence-corrected chi connectivity index (χ3v) is 14.9. The first-order valence-corrected chi connectivity index (χ1v) is 25.4. The van der Waals surface area contributed by atoms with Crippen LogP contribution >= 0.6 is 0 Å². The van der Waals surface area contributed by atoms with Crippen LogP contribution in [0, 0.1) is 17.8 Å². The topological polar surface area (TPSA) is 157 Å². The van der Waals surface area contributed by atoms with Gasteiger partial charge >= 0.3 is 12.1 Å². The van der Waals surface area contributed by atoms with Crippen LogP contribution in [0.15, 0.2) is 146 Å². The van der Waals surface area contributed by atoms with Gasteiger partial charge in [-0.2, -0.15) is 0 Å². The second-order valence-corrected chi connectivity index (χ2v) is 19.3. The Morgan fingerprint density at radius 2 is 1.43 bits per heavy atom. The minimum absolute atomic E-state index is 0.0484. The number of cyclic esters (lactones) is 1. The molecule has 390 valence electrons. The number of aliphatic hydroxyl groups excluding tert-OH is 1. The number of rotatable bonds is 15. The van der Waals surface area contributed by atoms with Crippen molar-refractivity contribution < 1.29 is 52.7 Å². The summed E-state index contributed by atoms with van der Waals surface area (Å²) in [7, 11) is 6.57. The lowest BCUT2D eigenvalue weighted by molar-refractivity contribution is -0.179. The van der Waals surface area contributed by atoms with E-state index in [2.05, 4.69) is 28.9 Å². The minimum Gasteiger partial charge on any atom is -0.493 e. The van der Waals surface area contributed by atoms with Crippen molar-refractivity contribution in [2.75, 3.05) is 72.8 Å². The van der Waals surface area contributed by atoms with Gasteiger partial charge in [0, 0.05) is 37.9 Å². The van der Waals surface area contributed by atoms with E-state index in [0.29, 0.717) is 59.0 Å². The number of nitrogens with zero attached hydrogens (tertiary/aromatic N) is 4. The molecule has 0 unspecified atom stereocenters. The van der Waals surface area contributed by atoms with Crippen LogP contribution in [0.4, 0.5) is 10.5 Å². The second kappa shape index (κ2) is 22.5. The van der Waals surface area contributed by atoms with Crippen molar-refractivity contribution in [1.29, 1.82) is 0 Å². The van der Waals surface area contributed by atoms with Crippen molar-refractivity contribution in [2.45, 2.75) is 49.2 Å². The van der Waals surface area contributed by atoms with Crippen molar-refractivity contribution in [1.82, 2.24) is 14.7 Å². The molecular weight excluding hydrogens is 965 g/mol. The number of amides is 3. The molecule has 4 aliphatic heterocycles. The van der Waals surface area contributed by atoms with E-state index in [0.717, 1.165) is 27.2 Å². The van der Waals surface area contributed by atoms with Gasteiger partial charge in [0.2, 0.25) is 11.8 Å². The molecule has 0 aromatic heterocycles. The van der Waals surface area contributed by atoms with E-state index in [9.17, 15) is 9.90 Å². The molecule has 0 radical (unpaired) electrons. The minimum atomic E-state index is -2.10. The lowest BCUT2D eigenvalue weighted by Crippen LogP contribution is -2.57. The van der Waals surface area contributed by atoms with Gasteiger partial charge in [0.1, 0.15) is 36.5 Å². The van der Waals surface area contributed by atoms with Crippen LogP contribution in [-0.4, -0.2) is 118 Å². The summed E-state index contributed by atoms with van der Waals surface area (Å²) in [6, 6.07) is 41.6. The van der Waals surface area contributed by atoms with E-state index in [1.54, 1.807) is 49.5 Å². The number of ether oxygens (including phenoxy) is 6. The van der Waals surface area contributed by atoms with Crippen LogP contribution in [0.3, 0.4) is 0 Å². The summed E-state index contributed by atoms with van der Waals surface area (Å²) in [5, 5.41) is 10.2. The Labute approximate surface area is 442 Å². The van der Waals surface area contributed by atoms with E-state index in [1.807, 2.05) is 115 Å². The number of carbonyl (C=O) groups excluding carboxylic acids is 4. The molecule has 6 atom stereocenters. The molecular formula is C61H60N4O11. The quantitative estimate of drug-likeness (QED) is 0.0611. The van der Waals surface area contributed by atoms with E-state index in [1.165, 1.54) is 7.11 Å². The Morgan fingerprint density at radius 1 is 0.763 bits per heavy atom. The summed E-state index contributed by atoms with van der Waals surface area (Å²) in [6.07, 6.45) is -1.52. The van der Waals surface area contributed by atoms with Gasteiger partial charge in [-0.05, 0) is 83.2 Å². The highest BCUT2D eigenvalue weighted by molar-refractivity contribution is 6.23. The maximum Gasteiger partial charge on any atom is 0.421 e. The Bertz CT molecular complexity index is 3160. The molecule has 6 aromatic rings. The molecule has 4 aliphatic rings. The number of fused-ring (bicyclic) bond motifs is 4. The van der Waals surface area contributed by atoms with E-state index in [4.69, 9.17) is 28.4 Å². The SMILES string of the molecule is COCCOC(=O)N1C(=O)[C@@]2(c3cc(C#CCN(C)Cc4ccccc4)ccc31)[C@H](c1ccccc1OCCO)N1[C@H](c3ccccc3)[C@H](c3ccccc3)OC(=O)[C@H]1[C@@H]2C(=O)N1CCc2cc(OC)c(OC)cc2C1. The molecule has 0 saturated carbocycles. The highest BCUT2D eigenvalue weighted by Crippen LogP contribution is 2.67. The fourth-order valence-corrected chi connectivity index (χ4v) is 11.7. The largest absolute Gasteiger partial charge is 0.493 e. The molecule has 15 heteroatoms. The molecule has 1 N–H and O–H groups in total. The van der Waals surface area contributed by atoms with Crippen LogP contribution in [0.25, 0.3) is 0 Å². The van der Waals surface area contributed by atoms with Gasteiger partial charge < -0.3 is 38.4 Å². The van der Waals surface area contributed by atoms with Gasteiger partial charge in [-0.25, -0.2) is 9.69 Å². The zero-order chi connectivity index (χ0) is 52.9. The number of hydrogen-bond acceptors (Lipinski definition) is 13. The Hall–Kier alpha value is -8.00. The summed E-state index contributed by atoms with van der Waals surface area (Å²) in [5.74, 6) is 4.41. The fraction of sp³-hybridized carbons (Fsp3) is 0.311. The first-order chi connectivity index (χ1) is 37.1. The number of carbonyl (C=O) groups is 4. The van der Waals surface area contributed by atoms with Crippen LogP contribution in [-0.2, 0) is 53.5 Å². The molecule has 1 spiro atoms. The third-order valence-electron chi connectivity index (χ3n) is 14.9. The number of aliphatic hydroxyl groups is 1. The average molecular weight is 1030 g/mol. The fourth-order valence-electron chi connectivity index (χ4n) is 11.7. The standard InChI is InChI=1S/C61H60N4O11/c1-62(38-41-17-8-5-9-18-41)29-16-19-40-26-27-48-47(35-40)61(59(69)64(48)60(70)75-34-33-71-2)52(57(67)63-30-28-44-36-50(72-3)51(73-4)37-45(44)39-63)54-58(68)76-55(43-22-12-7-13-23-43)53(42-20-10-6-11-21-42)65(54)56(61)46-24-14-15-25-49(46)74-32-31-66/h5-15,17-18,20-27,35-37,52-56,66H,28-34,38-39H2,1-4H3/t52-,53-,54-,55+,56+,61-/m1/s1. The molecule has 6 aromatic carbocycles. The zero-order valence-electron chi connectivity index (χ0n) is 42.9. The summed E-state index contributed by atoms with van der Waals surface area (Å²) >= 11 is 0. The van der Waals surface area contributed by atoms with Crippen molar-refractivity contribution in [3.8, 4) is 29.1 Å². The Kier molecular flexibility index (Phi) is 15.2. The maximum absolute atomic E-state index is 16.8. The normalized spacial score (nSPS) is 21.5. The lowest BCUT2D eigenvalue weighted by atomic mass is 9.64. The van der Waals surface area contributed by atoms with Crippen LogP contribution < -0.4 is 19.1 Å². The van der Waals surface area contributed by atoms with Gasteiger partial charge in [-0.1, -0.05) is 121 Å². The first kappa shape index (κ1) is 51.5. The predicted octanol–water partition coefficient (Wildman–Crippen LogP) is 7.59. The first-order valence-electron chi connectivity index (χ1n) is 25.4. The number of hydrogen-bond donors (Lipinski definition) is 1. The van der Waals surface area contributed by atoms with Gasteiger partial charge in [0.05, 0.1) is 57.7 Å². The number of morpholine rings is 1. The average Bonchev–Trinajstić information content (AvgIpc) is 3.95.